The van der Waals surface area contributed by atoms with Crippen molar-refractivity contribution in [1.82, 2.24) is 25.6 Å². The largest absolute Gasteiger partial charge is 0.451 e. The number of carbonyl (C=O) groups is 3. The minimum Gasteiger partial charge on any atom is -0.451 e. The molecule has 1 aromatic heterocycles. The summed E-state index contributed by atoms with van der Waals surface area (Å²) in [4.78, 5) is 37.0. The Morgan fingerprint density at radius 3 is 2.56 bits per heavy atom. The number of benzene rings is 1. The highest BCUT2D eigenvalue weighted by molar-refractivity contribution is 5.96. The van der Waals surface area contributed by atoms with E-state index >= 15 is 0 Å². The van der Waals surface area contributed by atoms with Crippen LogP contribution in [-0.2, 0) is 9.53 Å². The molecule has 0 aliphatic heterocycles. The third kappa shape index (κ3) is 4.90. The number of urea groups is 1. The van der Waals surface area contributed by atoms with E-state index in [4.69, 9.17) is 4.74 Å². The summed E-state index contributed by atoms with van der Waals surface area (Å²) in [5.41, 5.74) is 1.09. The van der Waals surface area contributed by atoms with Crippen molar-refractivity contribution in [3.63, 3.8) is 0 Å². The predicted molar refractivity (Wildman–Crippen MR) is 95.3 cm³/mol. The summed E-state index contributed by atoms with van der Waals surface area (Å²) in [7, 11) is 0. The van der Waals surface area contributed by atoms with Crippen molar-refractivity contribution in [1.29, 1.82) is 0 Å². The van der Waals surface area contributed by atoms with Gasteiger partial charge in [-0.25, -0.2) is 9.59 Å². The van der Waals surface area contributed by atoms with Crippen molar-refractivity contribution in [2.45, 2.75) is 38.6 Å². The van der Waals surface area contributed by atoms with Crippen LogP contribution in [0.1, 0.15) is 41.9 Å². The van der Waals surface area contributed by atoms with Crippen LogP contribution in [-0.4, -0.2) is 45.6 Å². The van der Waals surface area contributed by atoms with Crippen LogP contribution in [0.5, 0.6) is 0 Å². The van der Waals surface area contributed by atoms with E-state index < -0.39 is 24.5 Å². The highest BCUT2D eigenvalue weighted by Crippen LogP contribution is 2.17. The Hall–Kier alpha value is -3.23. The van der Waals surface area contributed by atoms with Crippen LogP contribution in [0.2, 0.25) is 0 Å². The second-order valence-corrected chi connectivity index (χ2v) is 6.34. The van der Waals surface area contributed by atoms with Gasteiger partial charge in [-0.15, -0.1) is 5.10 Å². The maximum absolute atomic E-state index is 12.2. The first-order valence-corrected chi connectivity index (χ1v) is 8.80. The fraction of sp³-hybridized carbons (Fsp3) is 0.389. The molecule has 1 heterocycles. The van der Waals surface area contributed by atoms with Crippen LogP contribution in [0.15, 0.2) is 30.3 Å². The van der Waals surface area contributed by atoms with Crippen LogP contribution in [0.4, 0.5) is 4.79 Å². The van der Waals surface area contributed by atoms with Gasteiger partial charge in [0, 0.05) is 6.04 Å². The molecule has 1 saturated carbocycles. The Morgan fingerprint density at radius 2 is 1.85 bits per heavy atom. The maximum Gasteiger partial charge on any atom is 0.361 e. The standard InChI is InChI=1S/C18H21N5O4/c1-12-16(22-23(21-12)14-9-3-2-4-10-14)17(25)27-11-15(24)20-18(26)19-13-7-5-6-8-13/h2-4,9-10,13H,5-8,11H2,1H3,(H2,19,20,24,26). The molecule has 142 valence electrons. The monoisotopic (exact) mass is 371 g/mol. The van der Waals surface area contributed by atoms with Gasteiger partial charge in [-0.2, -0.15) is 9.90 Å². The van der Waals surface area contributed by atoms with Crippen molar-refractivity contribution >= 4 is 17.9 Å². The molecule has 1 fully saturated rings. The maximum atomic E-state index is 12.2. The average molecular weight is 371 g/mol. The number of hydrogen-bond donors (Lipinski definition) is 2. The molecule has 1 aliphatic carbocycles. The minimum absolute atomic E-state index is 0.0158. The van der Waals surface area contributed by atoms with Gasteiger partial charge < -0.3 is 10.1 Å². The molecule has 0 saturated heterocycles. The van der Waals surface area contributed by atoms with Crippen LogP contribution < -0.4 is 10.6 Å². The predicted octanol–water partition coefficient (Wildman–Crippen LogP) is 1.50. The molecule has 1 aliphatic rings. The molecule has 0 bridgehead atoms. The molecular weight excluding hydrogens is 350 g/mol. The number of imide groups is 1. The third-order valence-electron chi connectivity index (χ3n) is 4.24. The molecule has 2 N–H and O–H groups in total. The van der Waals surface area contributed by atoms with Gasteiger partial charge in [0.15, 0.2) is 12.3 Å². The number of aromatic nitrogens is 3. The van der Waals surface area contributed by atoms with E-state index in [0.717, 1.165) is 25.7 Å². The summed E-state index contributed by atoms with van der Waals surface area (Å²) in [5.74, 6) is -1.48. The molecule has 0 atom stereocenters. The highest BCUT2D eigenvalue weighted by Gasteiger charge is 2.21. The zero-order valence-electron chi connectivity index (χ0n) is 15.0. The number of hydrogen-bond acceptors (Lipinski definition) is 6. The molecule has 0 spiro atoms. The van der Waals surface area contributed by atoms with Crippen molar-refractivity contribution in [2.24, 2.45) is 0 Å². The van der Waals surface area contributed by atoms with Gasteiger partial charge in [-0.3, -0.25) is 10.1 Å². The average Bonchev–Trinajstić information content (AvgIpc) is 3.30. The number of amides is 3. The number of ether oxygens (including phenoxy) is 1. The van der Waals surface area contributed by atoms with E-state index in [-0.39, 0.29) is 11.7 Å². The second kappa shape index (κ2) is 8.43. The zero-order chi connectivity index (χ0) is 19.2. The van der Waals surface area contributed by atoms with Gasteiger partial charge in [0.25, 0.3) is 5.91 Å². The summed E-state index contributed by atoms with van der Waals surface area (Å²) in [6, 6.07) is 8.62. The molecular formula is C18H21N5O4. The second-order valence-electron chi connectivity index (χ2n) is 6.34. The Bertz CT molecular complexity index is 828. The number of nitrogens with zero attached hydrogens (tertiary/aromatic N) is 3. The lowest BCUT2D eigenvalue weighted by Gasteiger charge is -2.12. The summed E-state index contributed by atoms with van der Waals surface area (Å²) >= 11 is 0. The molecule has 27 heavy (non-hydrogen) atoms. The topological polar surface area (TPSA) is 115 Å². The van der Waals surface area contributed by atoms with Gasteiger partial charge in [0.05, 0.1) is 11.4 Å². The molecule has 3 amide bonds. The normalized spacial score (nSPS) is 14.0. The van der Waals surface area contributed by atoms with Crippen LogP contribution >= 0.6 is 0 Å². The van der Waals surface area contributed by atoms with Gasteiger partial charge in [-0.05, 0) is 31.9 Å². The number of carbonyl (C=O) groups excluding carboxylic acids is 3. The lowest BCUT2D eigenvalue weighted by atomic mass is 10.2. The van der Waals surface area contributed by atoms with E-state index in [1.54, 1.807) is 19.1 Å². The van der Waals surface area contributed by atoms with E-state index in [1.165, 1.54) is 4.80 Å². The SMILES string of the molecule is Cc1nn(-c2ccccc2)nc1C(=O)OCC(=O)NC(=O)NC1CCCC1. The smallest absolute Gasteiger partial charge is 0.361 e. The number of aryl methyl sites for hydroxylation is 1. The number of nitrogens with one attached hydrogen (secondary N) is 2. The first-order chi connectivity index (χ1) is 13.0. The lowest BCUT2D eigenvalue weighted by molar-refractivity contribution is -0.123. The van der Waals surface area contributed by atoms with Crippen LogP contribution in [0.25, 0.3) is 5.69 Å². The molecule has 9 heteroatoms. The third-order valence-corrected chi connectivity index (χ3v) is 4.24. The van der Waals surface area contributed by atoms with Crippen molar-refractivity contribution in [2.75, 3.05) is 6.61 Å². The Balaban J connectivity index is 1.51. The summed E-state index contributed by atoms with van der Waals surface area (Å²) in [5, 5.41) is 13.2. The Kier molecular flexibility index (Phi) is 5.80. The number of esters is 1. The molecule has 9 nitrogen and oxygen atoms in total. The summed E-state index contributed by atoms with van der Waals surface area (Å²) in [6.07, 6.45) is 3.96. The summed E-state index contributed by atoms with van der Waals surface area (Å²) in [6.45, 7) is 1.05. The molecule has 0 radical (unpaired) electrons. The summed E-state index contributed by atoms with van der Waals surface area (Å²) < 4.78 is 4.94. The van der Waals surface area contributed by atoms with Gasteiger partial charge in [-0.1, -0.05) is 31.0 Å². The van der Waals surface area contributed by atoms with Crippen LogP contribution in [0.3, 0.4) is 0 Å². The fourth-order valence-electron chi connectivity index (χ4n) is 2.90. The minimum atomic E-state index is -0.777. The highest BCUT2D eigenvalue weighted by atomic mass is 16.5. The Labute approximate surface area is 156 Å². The first kappa shape index (κ1) is 18.6. The van der Waals surface area contributed by atoms with Crippen molar-refractivity contribution in [3.8, 4) is 5.69 Å². The van der Waals surface area contributed by atoms with E-state index in [0.29, 0.717) is 11.4 Å². The van der Waals surface area contributed by atoms with Gasteiger partial charge >= 0.3 is 12.0 Å². The van der Waals surface area contributed by atoms with E-state index in [2.05, 4.69) is 20.8 Å². The quantitative estimate of drug-likeness (QED) is 0.770. The molecule has 3 rings (SSSR count). The first-order valence-electron chi connectivity index (χ1n) is 8.80. The van der Waals surface area contributed by atoms with E-state index in [1.807, 2.05) is 18.2 Å². The fourth-order valence-corrected chi connectivity index (χ4v) is 2.90. The molecule has 1 aromatic carbocycles. The van der Waals surface area contributed by atoms with Crippen molar-refractivity contribution < 1.29 is 19.1 Å². The Morgan fingerprint density at radius 1 is 1.15 bits per heavy atom. The number of para-hydroxylation sites is 1. The molecule has 2 aromatic rings. The van der Waals surface area contributed by atoms with Gasteiger partial charge in [0.2, 0.25) is 0 Å². The van der Waals surface area contributed by atoms with Crippen molar-refractivity contribution in [3.05, 3.63) is 41.7 Å². The van der Waals surface area contributed by atoms with E-state index in [9.17, 15) is 14.4 Å². The number of rotatable bonds is 5. The van der Waals surface area contributed by atoms with Crippen LogP contribution in [0, 0.1) is 6.92 Å². The lowest BCUT2D eigenvalue weighted by Crippen LogP contribution is -2.45. The molecule has 0 unspecified atom stereocenters. The van der Waals surface area contributed by atoms with Gasteiger partial charge in [0.1, 0.15) is 0 Å². The zero-order valence-corrected chi connectivity index (χ0v) is 15.0.